The molecule has 0 aromatic heterocycles. The maximum absolute atomic E-state index is 10.1. The Labute approximate surface area is 130 Å². The van der Waals surface area contributed by atoms with E-state index in [4.69, 9.17) is 4.74 Å². The molecule has 0 aliphatic heterocycles. The molecule has 0 spiro atoms. The molecule has 0 radical (unpaired) electrons. The molecule has 2 aliphatic carbocycles. The Kier molecular flexibility index (Phi) is 6.97. The van der Waals surface area contributed by atoms with Crippen molar-refractivity contribution in [1.29, 1.82) is 0 Å². The molecule has 21 heavy (non-hydrogen) atoms. The number of aliphatic hydroxyl groups excluding tert-OH is 1. The van der Waals surface area contributed by atoms with Crippen molar-refractivity contribution < 1.29 is 9.84 Å². The van der Waals surface area contributed by atoms with Crippen LogP contribution in [0.25, 0.3) is 0 Å². The standard InChI is InChI=1S/C18H35NO2/c1-15-8-4-5-9-17(15)21-13-16(20)12-19-14-18(2)10-6-3-7-11-18/h15-17,19-20H,3-14H2,1-2H3. The first-order valence-electron chi connectivity index (χ1n) is 9.09. The predicted molar refractivity (Wildman–Crippen MR) is 87.4 cm³/mol. The Balaban J connectivity index is 1.57. The fraction of sp³-hybridized carbons (Fsp3) is 1.00. The molecule has 124 valence electrons. The van der Waals surface area contributed by atoms with E-state index in [1.807, 2.05) is 0 Å². The number of nitrogens with one attached hydrogen (secondary N) is 1. The molecule has 2 fully saturated rings. The molecule has 2 rings (SSSR count). The van der Waals surface area contributed by atoms with Gasteiger partial charge in [-0.3, -0.25) is 0 Å². The third kappa shape index (κ3) is 5.88. The highest BCUT2D eigenvalue weighted by molar-refractivity contribution is 4.81. The lowest BCUT2D eigenvalue weighted by Crippen LogP contribution is -2.39. The van der Waals surface area contributed by atoms with Crippen molar-refractivity contribution in [3.05, 3.63) is 0 Å². The Morgan fingerprint density at radius 2 is 1.86 bits per heavy atom. The summed E-state index contributed by atoms with van der Waals surface area (Å²) in [5.41, 5.74) is 0.441. The van der Waals surface area contributed by atoms with Crippen LogP contribution in [0, 0.1) is 11.3 Å². The van der Waals surface area contributed by atoms with Crippen molar-refractivity contribution in [1.82, 2.24) is 5.32 Å². The molecule has 0 amide bonds. The van der Waals surface area contributed by atoms with E-state index in [0.717, 1.165) is 6.54 Å². The van der Waals surface area contributed by atoms with Crippen LogP contribution in [0.15, 0.2) is 0 Å². The second-order valence-electron chi connectivity index (χ2n) is 7.79. The van der Waals surface area contributed by atoms with Crippen LogP contribution in [0.5, 0.6) is 0 Å². The quantitative estimate of drug-likeness (QED) is 0.755. The van der Waals surface area contributed by atoms with Crippen LogP contribution < -0.4 is 5.32 Å². The average Bonchev–Trinajstić information content (AvgIpc) is 2.47. The van der Waals surface area contributed by atoms with Crippen molar-refractivity contribution in [3.8, 4) is 0 Å². The van der Waals surface area contributed by atoms with E-state index in [9.17, 15) is 5.11 Å². The molecular weight excluding hydrogens is 262 g/mol. The molecule has 3 heteroatoms. The summed E-state index contributed by atoms with van der Waals surface area (Å²) >= 11 is 0. The van der Waals surface area contributed by atoms with E-state index in [1.165, 1.54) is 57.8 Å². The van der Waals surface area contributed by atoms with Gasteiger partial charge in [-0.25, -0.2) is 0 Å². The highest BCUT2D eigenvalue weighted by atomic mass is 16.5. The fourth-order valence-corrected chi connectivity index (χ4v) is 3.95. The van der Waals surface area contributed by atoms with Gasteiger partial charge < -0.3 is 15.2 Å². The molecule has 0 heterocycles. The van der Waals surface area contributed by atoms with Gasteiger partial charge in [0.1, 0.15) is 0 Å². The first kappa shape index (κ1) is 17.2. The van der Waals surface area contributed by atoms with Crippen LogP contribution >= 0.6 is 0 Å². The number of aliphatic hydroxyl groups is 1. The Bertz CT molecular complexity index is 289. The van der Waals surface area contributed by atoms with E-state index in [0.29, 0.717) is 30.6 Å². The van der Waals surface area contributed by atoms with Crippen LogP contribution in [0.3, 0.4) is 0 Å². The van der Waals surface area contributed by atoms with Gasteiger partial charge in [0.2, 0.25) is 0 Å². The Morgan fingerprint density at radius 3 is 2.57 bits per heavy atom. The van der Waals surface area contributed by atoms with E-state index < -0.39 is 0 Å². The number of rotatable bonds is 7. The fourth-order valence-electron chi connectivity index (χ4n) is 3.95. The predicted octanol–water partition coefficient (Wildman–Crippen LogP) is 3.50. The van der Waals surface area contributed by atoms with Crippen molar-refractivity contribution in [3.63, 3.8) is 0 Å². The minimum atomic E-state index is -0.369. The summed E-state index contributed by atoms with van der Waals surface area (Å²) in [6.45, 7) is 6.84. The number of hydrogen-bond donors (Lipinski definition) is 2. The van der Waals surface area contributed by atoms with Gasteiger partial charge in [-0.1, -0.05) is 46.0 Å². The summed E-state index contributed by atoms with van der Waals surface area (Å²) < 4.78 is 5.93. The third-order valence-corrected chi connectivity index (χ3v) is 5.53. The minimum Gasteiger partial charge on any atom is -0.389 e. The first-order valence-corrected chi connectivity index (χ1v) is 9.09. The minimum absolute atomic E-state index is 0.365. The molecular formula is C18H35NO2. The van der Waals surface area contributed by atoms with Crippen LogP contribution in [0.4, 0.5) is 0 Å². The molecule has 2 aliphatic rings. The Hall–Kier alpha value is -0.120. The summed E-state index contributed by atoms with van der Waals surface area (Å²) in [4.78, 5) is 0. The monoisotopic (exact) mass is 297 g/mol. The van der Waals surface area contributed by atoms with E-state index >= 15 is 0 Å². The van der Waals surface area contributed by atoms with Crippen LogP contribution in [0.1, 0.15) is 71.6 Å². The number of hydrogen-bond acceptors (Lipinski definition) is 3. The highest BCUT2D eigenvalue weighted by Gasteiger charge is 2.26. The van der Waals surface area contributed by atoms with Crippen LogP contribution in [0.2, 0.25) is 0 Å². The molecule has 3 nitrogen and oxygen atoms in total. The van der Waals surface area contributed by atoms with Gasteiger partial charge in [0, 0.05) is 13.1 Å². The van der Waals surface area contributed by atoms with Gasteiger partial charge in [-0.2, -0.15) is 0 Å². The first-order chi connectivity index (χ1) is 10.1. The van der Waals surface area contributed by atoms with E-state index in [1.54, 1.807) is 0 Å². The van der Waals surface area contributed by atoms with Gasteiger partial charge in [0.05, 0.1) is 18.8 Å². The van der Waals surface area contributed by atoms with Gasteiger partial charge in [0.25, 0.3) is 0 Å². The summed E-state index contributed by atoms with van der Waals surface area (Å²) in [7, 11) is 0. The maximum atomic E-state index is 10.1. The third-order valence-electron chi connectivity index (χ3n) is 5.53. The van der Waals surface area contributed by atoms with Crippen molar-refractivity contribution in [2.24, 2.45) is 11.3 Å². The lowest BCUT2D eigenvalue weighted by molar-refractivity contribution is -0.0456. The summed E-state index contributed by atoms with van der Waals surface area (Å²) in [5.74, 6) is 0.653. The van der Waals surface area contributed by atoms with Gasteiger partial charge >= 0.3 is 0 Å². The molecule has 0 aromatic carbocycles. The zero-order valence-electron chi connectivity index (χ0n) is 14.1. The Morgan fingerprint density at radius 1 is 1.14 bits per heavy atom. The molecule has 0 bridgehead atoms. The van der Waals surface area contributed by atoms with E-state index in [-0.39, 0.29) is 6.10 Å². The van der Waals surface area contributed by atoms with Gasteiger partial charge in [-0.05, 0) is 37.0 Å². The topological polar surface area (TPSA) is 41.5 Å². The molecule has 0 aromatic rings. The lowest BCUT2D eigenvalue weighted by Gasteiger charge is -2.34. The summed E-state index contributed by atoms with van der Waals surface area (Å²) in [6, 6.07) is 0. The zero-order valence-corrected chi connectivity index (χ0v) is 14.1. The molecule has 0 saturated heterocycles. The van der Waals surface area contributed by atoms with Gasteiger partial charge in [0.15, 0.2) is 0 Å². The molecule has 3 atom stereocenters. The largest absolute Gasteiger partial charge is 0.389 e. The van der Waals surface area contributed by atoms with Gasteiger partial charge in [-0.15, -0.1) is 0 Å². The van der Waals surface area contributed by atoms with Crippen LogP contribution in [-0.4, -0.2) is 37.0 Å². The summed E-state index contributed by atoms with van der Waals surface area (Å²) in [6.07, 6.45) is 11.8. The second kappa shape index (κ2) is 8.50. The van der Waals surface area contributed by atoms with Crippen molar-refractivity contribution in [2.75, 3.05) is 19.7 Å². The normalized spacial score (nSPS) is 31.0. The molecule has 2 N–H and O–H groups in total. The highest BCUT2D eigenvalue weighted by Crippen LogP contribution is 2.34. The summed E-state index contributed by atoms with van der Waals surface area (Å²) in [5, 5.41) is 13.6. The zero-order chi connectivity index (χ0) is 15.1. The van der Waals surface area contributed by atoms with Crippen molar-refractivity contribution in [2.45, 2.75) is 83.8 Å². The average molecular weight is 297 g/mol. The number of ether oxygens (including phenoxy) is 1. The second-order valence-corrected chi connectivity index (χ2v) is 7.79. The van der Waals surface area contributed by atoms with Crippen LogP contribution in [-0.2, 0) is 4.74 Å². The molecule has 2 saturated carbocycles. The maximum Gasteiger partial charge on any atom is 0.0897 e. The lowest BCUT2D eigenvalue weighted by atomic mass is 9.76. The molecule has 3 unspecified atom stereocenters. The van der Waals surface area contributed by atoms with E-state index in [2.05, 4.69) is 19.2 Å². The SMILES string of the molecule is CC1CCCCC1OCC(O)CNCC1(C)CCCCC1. The van der Waals surface area contributed by atoms with Crippen molar-refractivity contribution >= 4 is 0 Å². The smallest absolute Gasteiger partial charge is 0.0897 e.